The minimum Gasteiger partial charge on any atom is -0.489 e. The molecule has 0 aliphatic rings. The van der Waals surface area contributed by atoms with Gasteiger partial charge in [0.25, 0.3) is 0 Å². The number of ether oxygens (including phenoxy) is 3. The molecule has 2 aromatic rings. The van der Waals surface area contributed by atoms with Crippen LogP contribution in [0.1, 0.15) is 30.5 Å². The highest BCUT2D eigenvalue weighted by Crippen LogP contribution is 2.23. The van der Waals surface area contributed by atoms with Gasteiger partial charge in [-0.15, -0.1) is 0 Å². The quantitative estimate of drug-likeness (QED) is 0.305. The number of carbonyl (C=O) groups is 2. The molecule has 0 radical (unpaired) electrons. The van der Waals surface area contributed by atoms with Crippen molar-refractivity contribution in [3.8, 4) is 5.75 Å². The molecule has 28 heavy (non-hydrogen) atoms. The summed E-state index contributed by atoms with van der Waals surface area (Å²) in [6.45, 7) is 4.27. The minimum atomic E-state index is -0.993. The van der Waals surface area contributed by atoms with E-state index in [9.17, 15) is 9.59 Å². The Morgan fingerprint density at radius 2 is 1.50 bits per heavy atom. The molecule has 0 unspecified atom stereocenters. The van der Waals surface area contributed by atoms with E-state index in [1.165, 1.54) is 0 Å². The lowest BCUT2D eigenvalue weighted by Gasteiger charge is -2.16. The van der Waals surface area contributed by atoms with Gasteiger partial charge in [0.1, 0.15) is 12.4 Å². The van der Waals surface area contributed by atoms with E-state index in [2.05, 4.69) is 15.9 Å². The SMILES string of the molecule is CCOC(=O)C(Cc1cc(CBr)cc(OCc2ccccc2)c1)C(=O)OCC. The molecule has 0 heterocycles. The number of hydrogen-bond acceptors (Lipinski definition) is 5. The van der Waals surface area contributed by atoms with Crippen LogP contribution in [-0.2, 0) is 37.4 Å². The van der Waals surface area contributed by atoms with E-state index in [0.29, 0.717) is 17.7 Å². The maximum atomic E-state index is 12.3. The molecule has 0 aliphatic carbocycles. The summed E-state index contributed by atoms with van der Waals surface area (Å²) in [6, 6.07) is 15.6. The second-order valence-corrected chi connectivity index (χ2v) is 6.71. The van der Waals surface area contributed by atoms with E-state index in [0.717, 1.165) is 16.7 Å². The fourth-order valence-corrected chi connectivity index (χ4v) is 3.06. The molecule has 0 saturated heterocycles. The van der Waals surface area contributed by atoms with Gasteiger partial charge in [0.05, 0.1) is 13.2 Å². The summed E-state index contributed by atoms with van der Waals surface area (Å²) in [5.74, 6) is -1.45. The van der Waals surface area contributed by atoms with Crippen LogP contribution in [0.2, 0.25) is 0 Å². The number of alkyl halides is 1. The Balaban J connectivity index is 2.19. The Labute approximate surface area is 174 Å². The van der Waals surface area contributed by atoms with Gasteiger partial charge < -0.3 is 14.2 Å². The first-order valence-corrected chi connectivity index (χ1v) is 10.4. The van der Waals surface area contributed by atoms with Gasteiger partial charge in [-0.2, -0.15) is 0 Å². The Bertz CT molecular complexity index is 758. The first-order chi connectivity index (χ1) is 13.6. The summed E-state index contributed by atoms with van der Waals surface area (Å²) >= 11 is 3.46. The van der Waals surface area contributed by atoms with Crippen LogP contribution in [0.25, 0.3) is 0 Å². The first-order valence-electron chi connectivity index (χ1n) is 9.26. The third kappa shape index (κ3) is 6.68. The van der Waals surface area contributed by atoms with Gasteiger partial charge in [0, 0.05) is 5.33 Å². The van der Waals surface area contributed by atoms with Crippen LogP contribution < -0.4 is 4.74 Å². The Kier molecular flexibility index (Phi) is 9.01. The lowest BCUT2D eigenvalue weighted by Crippen LogP contribution is -2.30. The topological polar surface area (TPSA) is 61.8 Å². The molecule has 5 nitrogen and oxygen atoms in total. The van der Waals surface area contributed by atoms with E-state index in [-0.39, 0.29) is 19.6 Å². The van der Waals surface area contributed by atoms with E-state index in [1.54, 1.807) is 13.8 Å². The van der Waals surface area contributed by atoms with Crippen molar-refractivity contribution in [1.29, 1.82) is 0 Å². The molecule has 0 N–H and O–H groups in total. The Morgan fingerprint density at radius 1 is 0.893 bits per heavy atom. The molecule has 0 fully saturated rings. The molecule has 2 aromatic carbocycles. The number of carbonyl (C=O) groups excluding carboxylic acids is 2. The molecule has 0 amide bonds. The maximum Gasteiger partial charge on any atom is 0.320 e. The number of benzene rings is 2. The fourth-order valence-electron chi connectivity index (χ4n) is 2.73. The highest BCUT2D eigenvalue weighted by atomic mass is 79.9. The molecule has 0 aliphatic heterocycles. The molecular formula is C22H25BrO5. The van der Waals surface area contributed by atoms with Crippen LogP contribution in [0, 0.1) is 5.92 Å². The van der Waals surface area contributed by atoms with Crippen LogP contribution in [0.5, 0.6) is 5.75 Å². The number of halogens is 1. The Hall–Kier alpha value is -2.34. The van der Waals surface area contributed by atoms with Gasteiger partial charge >= 0.3 is 11.9 Å². The second kappa shape index (κ2) is 11.5. The predicted molar refractivity (Wildman–Crippen MR) is 110 cm³/mol. The summed E-state index contributed by atoms with van der Waals surface area (Å²) in [7, 11) is 0. The van der Waals surface area contributed by atoms with Crippen LogP contribution >= 0.6 is 15.9 Å². The average Bonchev–Trinajstić information content (AvgIpc) is 2.71. The van der Waals surface area contributed by atoms with E-state index < -0.39 is 17.9 Å². The summed E-state index contributed by atoms with van der Waals surface area (Å²) in [4.78, 5) is 24.5. The Morgan fingerprint density at radius 3 is 2.07 bits per heavy atom. The van der Waals surface area contributed by atoms with Crippen LogP contribution in [0.3, 0.4) is 0 Å². The zero-order chi connectivity index (χ0) is 20.4. The van der Waals surface area contributed by atoms with Crippen LogP contribution in [-0.4, -0.2) is 25.2 Å². The van der Waals surface area contributed by atoms with Crippen molar-refractivity contribution in [2.24, 2.45) is 5.92 Å². The minimum absolute atomic E-state index is 0.195. The number of hydrogen-bond donors (Lipinski definition) is 0. The predicted octanol–water partition coefficient (Wildman–Crippen LogP) is 4.45. The molecule has 0 spiro atoms. The number of rotatable bonds is 10. The maximum absolute atomic E-state index is 12.3. The van der Waals surface area contributed by atoms with Crippen molar-refractivity contribution in [3.05, 3.63) is 65.2 Å². The van der Waals surface area contributed by atoms with E-state index >= 15 is 0 Å². The van der Waals surface area contributed by atoms with Gasteiger partial charge in [0.2, 0.25) is 0 Å². The van der Waals surface area contributed by atoms with E-state index in [4.69, 9.17) is 14.2 Å². The first kappa shape index (κ1) is 22.0. The fraction of sp³-hybridized carbons (Fsp3) is 0.364. The highest BCUT2D eigenvalue weighted by Gasteiger charge is 2.30. The largest absolute Gasteiger partial charge is 0.489 e. The van der Waals surface area contributed by atoms with Gasteiger partial charge in [-0.1, -0.05) is 52.3 Å². The average molecular weight is 449 g/mol. The van der Waals surface area contributed by atoms with Gasteiger partial charge in [-0.05, 0) is 49.1 Å². The number of esters is 2. The van der Waals surface area contributed by atoms with Crippen LogP contribution in [0.4, 0.5) is 0 Å². The summed E-state index contributed by atoms with van der Waals surface area (Å²) in [5.41, 5.74) is 2.86. The zero-order valence-electron chi connectivity index (χ0n) is 16.2. The summed E-state index contributed by atoms with van der Waals surface area (Å²) in [5, 5.41) is 0.631. The molecule has 0 saturated carbocycles. The highest BCUT2D eigenvalue weighted by molar-refractivity contribution is 9.08. The molecule has 150 valence electrons. The second-order valence-electron chi connectivity index (χ2n) is 6.15. The van der Waals surface area contributed by atoms with Gasteiger partial charge in [-0.3, -0.25) is 9.59 Å². The molecule has 2 rings (SSSR count). The molecule has 0 bridgehead atoms. The zero-order valence-corrected chi connectivity index (χ0v) is 17.7. The molecule has 0 aromatic heterocycles. The van der Waals surface area contributed by atoms with Crippen molar-refractivity contribution in [2.75, 3.05) is 13.2 Å². The lowest BCUT2D eigenvalue weighted by atomic mass is 9.98. The summed E-state index contributed by atoms with van der Waals surface area (Å²) < 4.78 is 16.0. The van der Waals surface area contributed by atoms with Gasteiger partial charge in [0.15, 0.2) is 5.92 Å². The standard InChI is InChI=1S/C22H25BrO5/c1-3-26-21(24)20(22(25)27-4-2)13-17-10-18(14-23)12-19(11-17)28-15-16-8-6-5-7-9-16/h5-12,20H,3-4,13-15H2,1-2H3. The monoisotopic (exact) mass is 448 g/mol. The molecular weight excluding hydrogens is 424 g/mol. The summed E-state index contributed by atoms with van der Waals surface area (Å²) in [6.07, 6.45) is 0.195. The normalized spacial score (nSPS) is 10.6. The van der Waals surface area contributed by atoms with Gasteiger partial charge in [-0.25, -0.2) is 0 Å². The van der Waals surface area contributed by atoms with Crippen LogP contribution in [0.15, 0.2) is 48.5 Å². The molecule has 6 heteroatoms. The third-order valence-electron chi connectivity index (χ3n) is 4.01. The van der Waals surface area contributed by atoms with Crippen molar-refractivity contribution in [3.63, 3.8) is 0 Å². The molecule has 0 atom stereocenters. The van der Waals surface area contributed by atoms with Crippen molar-refractivity contribution < 1.29 is 23.8 Å². The van der Waals surface area contributed by atoms with Crippen molar-refractivity contribution in [1.82, 2.24) is 0 Å². The van der Waals surface area contributed by atoms with Crippen molar-refractivity contribution >= 4 is 27.9 Å². The lowest BCUT2D eigenvalue weighted by molar-refractivity contribution is -0.161. The smallest absolute Gasteiger partial charge is 0.320 e. The third-order valence-corrected chi connectivity index (χ3v) is 4.66. The van der Waals surface area contributed by atoms with Crippen molar-refractivity contribution in [2.45, 2.75) is 32.2 Å². The van der Waals surface area contributed by atoms with E-state index in [1.807, 2.05) is 48.5 Å².